The van der Waals surface area contributed by atoms with Gasteiger partial charge in [0, 0.05) is 0 Å². The molecule has 46 valence electrons. The summed E-state index contributed by atoms with van der Waals surface area (Å²) < 4.78 is 0. The quantitative estimate of drug-likeness (QED) is 0.420. The zero-order valence-corrected chi connectivity index (χ0v) is 5.94. The van der Waals surface area contributed by atoms with E-state index in [1.54, 1.807) is 6.92 Å². The second-order valence-corrected chi connectivity index (χ2v) is 2.48. The van der Waals surface area contributed by atoms with Crippen LogP contribution < -0.4 is 0 Å². The maximum absolute atomic E-state index is 4.60. The summed E-state index contributed by atoms with van der Waals surface area (Å²) in [6.45, 7) is 6.25. The molecular weight excluding hydrogens is 96.1 g/mol. The van der Waals surface area contributed by atoms with Crippen LogP contribution in [-0.4, -0.2) is 0 Å². The van der Waals surface area contributed by atoms with Gasteiger partial charge in [-0.05, 0) is 25.2 Å². The van der Waals surface area contributed by atoms with E-state index in [1.165, 1.54) is 6.42 Å². The Labute approximate surface area is 52.3 Å². The molecule has 1 aliphatic rings. The van der Waals surface area contributed by atoms with Crippen molar-refractivity contribution in [3.8, 4) is 12.3 Å². The lowest BCUT2D eigenvalue weighted by molar-refractivity contribution is 0.834. The molecule has 0 heterocycles. The molecule has 1 aliphatic carbocycles. The Bertz CT molecular complexity index is 80.7. The van der Waals surface area contributed by atoms with Gasteiger partial charge in [-0.25, -0.2) is 0 Å². The highest BCUT2D eigenvalue weighted by Gasteiger charge is 2.26. The van der Waals surface area contributed by atoms with Crippen molar-refractivity contribution in [3.63, 3.8) is 0 Å². The summed E-state index contributed by atoms with van der Waals surface area (Å²) in [5.74, 6) is 4.35. The largest absolute Gasteiger partial charge is 0.120 e. The zero-order chi connectivity index (χ0) is 6.57. The van der Waals surface area contributed by atoms with Crippen LogP contribution in [0.1, 0.15) is 27.2 Å². The van der Waals surface area contributed by atoms with E-state index in [-0.39, 0.29) is 0 Å². The van der Waals surface area contributed by atoms with Gasteiger partial charge in [0.25, 0.3) is 0 Å². The van der Waals surface area contributed by atoms with Crippen LogP contribution >= 0.6 is 0 Å². The van der Waals surface area contributed by atoms with Crippen LogP contribution in [0.2, 0.25) is 0 Å². The van der Waals surface area contributed by atoms with Crippen LogP contribution in [0.25, 0.3) is 0 Å². The van der Waals surface area contributed by atoms with Gasteiger partial charge in [-0.2, -0.15) is 0 Å². The molecule has 0 aromatic rings. The van der Waals surface area contributed by atoms with Gasteiger partial charge in [0.05, 0.1) is 0 Å². The monoisotopic (exact) mass is 110 g/mol. The molecular formula is C8H14. The SMILES string of the molecule is C#CC.CC1CC1C. The molecule has 0 amide bonds. The van der Waals surface area contributed by atoms with E-state index in [4.69, 9.17) is 0 Å². The Morgan fingerprint density at radius 1 is 1.38 bits per heavy atom. The first kappa shape index (κ1) is 7.56. The van der Waals surface area contributed by atoms with E-state index in [0.29, 0.717) is 0 Å². The Morgan fingerprint density at radius 3 is 1.50 bits per heavy atom. The molecule has 2 atom stereocenters. The highest BCUT2D eigenvalue weighted by atomic mass is 14.3. The molecule has 0 aromatic heterocycles. The highest BCUT2D eigenvalue weighted by molar-refractivity contribution is 4.76. The Balaban J connectivity index is 0.000000145. The summed E-state index contributed by atoms with van der Waals surface area (Å²) in [5.41, 5.74) is 0. The minimum atomic E-state index is 1.05. The molecule has 1 rings (SSSR count). The highest BCUT2D eigenvalue weighted by Crippen LogP contribution is 2.36. The summed E-state index contributed by atoms with van der Waals surface area (Å²) in [6, 6.07) is 0. The summed E-state index contributed by atoms with van der Waals surface area (Å²) in [7, 11) is 0. The zero-order valence-electron chi connectivity index (χ0n) is 5.94. The summed E-state index contributed by atoms with van der Waals surface area (Å²) in [6.07, 6.45) is 6.07. The predicted octanol–water partition coefficient (Wildman–Crippen LogP) is 2.30. The average molecular weight is 110 g/mol. The van der Waals surface area contributed by atoms with Gasteiger partial charge in [-0.3, -0.25) is 0 Å². The van der Waals surface area contributed by atoms with Gasteiger partial charge in [0.1, 0.15) is 0 Å². The Morgan fingerprint density at radius 2 is 1.50 bits per heavy atom. The van der Waals surface area contributed by atoms with Crippen LogP contribution in [0.3, 0.4) is 0 Å². The van der Waals surface area contributed by atoms with Crippen molar-refractivity contribution < 1.29 is 0 Å². The molecule has 8 heavy (non-hydrogen) atoms. The Kier molecular flexibility index (Phi) is 3.35. The van der Waals surface area contributed by atoms with E-state index in [1.807, 2.05) is 0 Å². The molecule has 1 saturated carbocycles. The maximum Gasteiger partial charge on any atom is -0.00297 e. The molecule has 0 aromatic carbocycles. The van der Waals surface area contributed by atoms with E-state index in [9.17, 15) is 0 Å². The van der Waals surface area contributed by atoms with E-state index >= 15 is 0 Å². The summed E-state index contributed by atoms with van der Waals surface area (Å²) >= 11 is 0. The fourth-order valence-corrected chi connectivity index (χ4v) is 0.508. The van der Waals surface area contributed by atoms with Gasteiger partial charge in [-0.1, -0.05) is 13.8 Å². The maximum atomic E-state index is 4.60. The van der Waals surface area contributed by atoms with Crippen LogP contribution in [0.4, 0.5) is 0 Å². The first-order valence-electron chi connectivity index (χ1n) is 3.09. The summed E-state index contributed by atoms with van der Waals surface area (Å²) in [5, 5.41) is 0. The average Bonchev–Trinajstić information content (AvgIpc) is 2.22. The fraction of sp³-hybridized carbons (Fsp3) is 0.750. The van der Waals surface area contributed by atoms with Crippen LogP contribution in [0, 0.1) is 24.2 Å². The standard InChI is InChI=1S/C5H10.C3H4/c1-4-3-5(4)2;1-3-2/h4-5H,3H2,1-2H3;1H,2H3. The molecule has 0 radical (unpaired) electrons. The summed E-state index contributed by atoms with van der Waals surface area (Å²) in [4.78, 5) is 0. The molecule has 0 N–H and O–H groups in total. The minimum Gasteiger partial charge on any atom is -0.120 e. The van der Waals surface area contributed by atoms with Gasteiger partial charge >= 0.3 is 0 Å². The van der Waals surface area contributed by atoms with Crippen molar-refractivity contribution in [3.05, 3.63) is 0 Å². The number of terminal acetylenes is 1. The van der Waals surface area contributed by atoms with Crippen LogP contribution in [-0.2, 0) is 0 Å². The third-order valence-corrected chi connectivity index (χ3v) is 1.51. The number of hydrogen-bond acceptors (Lipinski definition) is 0. The normalized spacial score (nSPS) is 31.8. The first-order chi connectivity index (χ1) is 3.72. The third kappa shape index (κ3) is 3.74. The molecule has 0 saturated heterocycles. The second-order valence-electron chi connectivity index (χ2n) is 2.48. The lowest BCUT2D eigenvalue weighted by atomic mass is 10.4. The second kappa shape index (κ2) is 3.55. The molecule has 0 heteroatoms. The number of rotatable bonds is 0. The molecule has 0 spiro atoms. The van der Waals surface area contributed by atoms with Crippen LogP contribution in [0.5, 0.6) is 0 Å². The molecule has 0 bridgehead atoms. The van der Waals surface area contributed by atoms with Crippen molar-refractivity contribution in [2.45, 2.75) is 27.2 Å². The smallest absolute Gasteiger partial charge is 0.00297 e. The lowest BCUT2D eigenvalue weighted by Gasteiger charge is -1.66. The van der Waals surface area contributed by atoms with E-state index in [2.05, 4.69) is 26.2 Å². The Hall–Kier alpha value is -0.440. The van der Waals surface area contributed by atoms with E-state index in [0.717, 1.165) is 11.8 Å². The van der Waals surface area contributed by atoms with Crippen molar-refractivity contribution in [1.29, 1.82) is 0 Å². The molecule has 2 unspecified atom stereocenters. The van der Waals surface area contributed by atoms with Crippen LogP contribution in [0.15, 0.2) is 0 Å². The number of hydrogen-bond donors (Lipinski definition) is 0. The van der Waals surface area contributed by atoms with Crippen molar-refractivity contribution in [1.82, 2.24) is 0 Å². The van der Waals surface area contributed by atoms with Crippen molar-refractivity contribution in [2.75, 3.05) is 0 Å². The van der Waals surface area contributed by atoms with Crippen molar-refractivity contribution in [2.24, 2.45) is 11.8 Å². The van der Waals surface area contributed by atoms with Gasteiger partial charge in [0.15, 0.2) is 0 Å². The molecule has 1 fully saturated rings. The first-order valence-corrected chi connectivity index (χ1v) is 3.09. The molecule has 0 aliphatic heterocycles. The lowest BCUT2D eigenvalue weighted by Crippen LogP contribution is -1.58. The van der Waals surface area contributed by atoms with Gasteiger partial charge in [-0.15, -0.1) is 12.3 Å². The van der Waals surface area contributed by atoms with Gasteiger partial charge in [0.2, 0.25) is 0 Å². The fourth-order valence-electron chi connectivity index (χ4n) is 0.508. The predicted molar refractivity (Wildman–Crippen MR) is 37.5 cm³/mol. The van der Waals surface area contributed by atoms with Gasteiger partial charge < -0.3 is 0 Å². The molecule has 0 nitrogen and oxygen atoms in total. The van der Waals surface area contributed by atoms with Crippen molar-refractivity contribution >= 4 is 0 Å². The third-order valence-electron chi connectivity index (χ3n) is 1.51. The minimum absolute atomic E-state index is 1.05. The topological polar surface area (TPSA) is 0 Å². The van der Waals surface area contributed by atoms with E-state index < -0.39 is 0 Å².